The Morgan fingerprint density at radius 1 is 1.40 bits per heavy atom. The normalized spacial score (nSPS) is 20.0. The van der Waals surface area contributed by atoms with Gasteiger partial charge in [0.05, 0.1) is 34.4 Å². The number of amides is 1. The number of aromatic nitrogens is 1. The number of carbonyl (C=O) groups excluding carboxylic acids is 1. The van der Waals surface area contributed by atoms with Crippen molar-refractivity contribution < 1.29 is 19.4 Å². The van der Waals surface area contributed by atoms with Crippen LogP contribution in [0.4, 0.5) is 0 Å². The summed E-state index contributed by atoms with van der Waals surface area (Å²) in [6.07, 6.45) is 0.326. The van der Waals surface area contributed by atoms with E-state index in [0.717, 1.165) is 10.6 Å². The highest BCUT2D eigenvalue weighted by Crippen LogP contribution is 2.27. The Hall–Kier alpha value is -2.25. The van der Waals surface area contributed by atoms with Gasteiger partial charge in [0.15, 0.2) is 0 Å². The number of pyridine rings is 1. The van der Waals surface area contributed by atoms with E-state index >= 15 is 0 Å². The molecule has 1 saturated heterocycles. The molecule has 0 aromatic carbocycles. The van der Waals surface area contributed by atoms with Gasteiger partial charge in [0, 0.05) is 19.7 Å². The van der Waals surface area contributed by atoms with E-state index in [0.29, 0.717) is 24.2 Å². The molecule has 1 fully saturated rings. The highest BCUT2D eigenvalue weighted by molar-refractivity contribution is 7.13. The van der Waals surface area contributed by atoms with Crippen LogP contribution >= 0.6 is 11.3 Å². The summed E-state index contributed by atoms with van der Waals surface area (Å²) >= 11 is 1.60. The topological polar surface area (TPSA) is 79.7 Å². The average Bonchev–Trinajstić information content (AvgIpc) is 3.23. The second-order valence-electron chi connectivity index (χ2n) is 6.11. The first-order valence-electron chi connectivity index (χ1n) is 8.06. The number of thiophene rings is 1. The summed E-state index contributed by atoms with van der Waals surface area (Å²) in [5.74, 6) is -1.10. The summed E-state index contributed by atoms with van der Waals surface area (Å²) in [6, 6.07) is 7.20. The number of aryl methyl sites for hydroxylation is 1. The molecule has 0 bridgehead atoms. The number of rotatable bonds is 5. The van der Waals surface area contributed by atoms with Gasteiger partial charge in [-0.1, -0.05) is 6.07 Å². The van der Waals surface area contributed by atoms with E-state index in [-0.39, 0.29) is 24.5 Å². The van der Waals surface area contributed by atoms with Crippen molar-refractivity contribution in [3.8, 4) is 10.6 Å². The molecule has 0 spiro atoms. The summed E-state index contributed by atoms with van der Waals surface area (Å²) < 4.78 is 5.34. The number of carboxylic acid groups (broad SMARTS) is 1. The summed E-state index contributed by atoms with van der Waals surface area (Å²) in [5, 5.41) is 11.1. The lowest BCUT2D eigenvalue weighted by Gasteiger charge is -2.24. The third-order valence-electron chi connectivity index (χ3n) is 4.47. The number of aliphatic carboxylic acids is 1. The predicted octanol–water partition coefficient (Wildman–Crippen LogP) is 2.82. The predicted molar refractivity (Wildman–Crippen MR) is 94.8 cm³/mol. The quantitative estimate of drug-likeness (QED) is 0.887. The highest BCUT2D eigenvalue weighted by atomic mass is 32.1. The van der Waals surface area contributed by atoms with Crippen molar-refractivity contribution in [1.29, 1.82) is 0 Å². The molecule has 3 heterocycles. The molecule has 132 valence electrons. The Labute approximate surface area is 150 Å². The lowest BCUT2D eigenvalue weighted by atomic mass is 10.1. The van der Waals surface area contributed by atoms with Crippen molar-refractivity contribution in [2.75, 3.05) is 13.7 Å². The van der Waals surface area contributed by atoms with Crippen molar-refractivity contribution in [2.45, 2.75) is 31.9 Å². The van der Waals surface area contributed by atoms with Gasteiger partial charge in [-0.3, -0.25) is 14.6 Å². The van der Waals surface area contributed by atoms with Gasteiger partial charge < -0.3 is 14.7 Å². The standard InChI is InChI=1S/C18H20N2O4S/c1-11-14(5-6-15(19-11)16-4-3-7-25-16)18(23)20-10-13(24-2)8-12(20)9-17(21)22/h3-7,12-13H,8-10H2,1-2H3,(H,21,22). The van der Waals surface area contributed by atoms with E-state index in [1.807, 2.05) is 23.6 Å². The molecule has 1 amide bonds. The third-order valence-corrected chi connectivity index (χ3v) is 5.36. The van der Waals surface area contributed by atoms with Crippen molar-refractivity contribution >= 4 is 23.2 Å². The maximum atomic E-state index is 13.0. The summed E-state index contributed by atoms with van der Waals surface area (Å²) in [7, 11) is 1.58. The van der Waals surface area contributed by atoms with Crippen LogP contribution in [0.15, 0.2) is 29.6 Å². The molecule has 1 aliphatic heterocycles. The fourth-order valence-electron chi connectivity index (χ4n) is 3.19. The van der Waals surface area contributed by atoms with Gasteiger partial charge in [-0.15, -0.1) is 11.3 Å². The van der Waals surface area contributed by atoms with Crippen LogP contribution in [0.1, 0.15) is 28.9 Å². The van der Waals surface area contributed by atoms with Gasteiger partial charge in [0.1, 0.15) is 0 Å². The van der Waals surface area contributed by atoms with Gasteiger partial charge in [-0.05, 0) is 36.9 Å². The molecule has 2 atom stereocenters. The Morgan fingerprint density at radius 3 is 2.80 bits per heavy atom. The highest BCUT2D eigenvalue weighted by Gasteiger charge is 2.37. The molecule has 0 aliphatic carbocycles. The minimum absolute atomic E-state index is 0.0780. The zero-order valence-corrected chi connectivity index (χ0v) is 15.0. The number of likely N-dealkylation sites (tertiary alicyclic amines) is 1. The van der Waals surface area contributed by atoms with Crippen LogP contribution in [0, 0.1) is 6.92 Å². The second-order valence-corrected chi connectivity index (χ2v) is 7.06. The van der Waals surface area contributed by atoms with E-state index < -0.39 is 5.97 Å². The fourth-order valence-corrected chi connectivity index (χ4v) is 3.89. The molecule has 2 aromatic rings. The molecule has 0 radical (unpaired) electrons. The third kappa shape index (κ3) is 3.72. The summed E-state index contributed by atoms with van der Waals surface area (Å²) in [6.45, 7) is 2.21. The van der Waals surface area contributed by atoms with E-state index in [4.69, 9.17) is 9.84 Å². The van der Waals surface area contributed by atoms with E-state index in [1.54, 1.807) is 36.3 Å². The van der Waals surface area contributed by atoms with Crippen LogP contribution in [0.5, 0.6) is 0 Å². The lowest BCUT2D eigenvalue weighted by Crippen LogP contribution is -2.37. The Bertz CT molecular complexity index is 775. The number of methoxy groups -OCH3 is 1. The van der Waals surface area contributed by atoms with Gasteiger partial charge in [0.25, 0.3) is 5.91 Å². The SMILES string of the molecule is COC1CC(CC(=O)O)N(C(=O)c2ccc(-c3cccs3)nc2C)C1. The van der Waals surface area contributed by atoms with Gasteiger partial charge >= 0.3 is 5.97 Å². The smallest absolute Gasteiger partial charge is 0.305 e. The molecule has 25 heavy (non-hydrogen) atoms. The number of ether oxygens (including phenoxy) is 1. The molecular weight excluding hydrogens is 340 g/mol. The zero-order valence-electron chi connectivity index (χ0n) is 14.1. The minimum atomic E-state index is -0.914. The van der Waals surface area contributed by atoms with Crippen LogP contribution < -0.4 is 0 Å². The Kier molecular flexibility index (Phi) is 5.15. The number of carbonyl (C=O) groups is 2. The van der Waals surface area contributed by atoms with Crippen LogP contribution in [0.3, 0.4) is 0 Å². The van der Waals surface area contributed by atoms with Crippen LogP contribution in [-0.2, 0) is 9.53 Å². The van der Waals surface area contributed by atoms with Crippen LogP contribution in [0.25, 0.3) is 10.6 Å². The second kappa shape index (κ2) is 7.33. The number of hydrogen-bond acceptors (Lipinski definition) is 5. The van der Waals surface area contributed by atoms with E-state index in [9.17, 15) is 9.59 Å². The van der Waals surface area contributed by atoms with E-state index in [1.165, 1.54) is 0 Å². The lowest BCUT2D eigenvalue weighted by molar-refractivity contribution is -0.137. The van der Waals surface area contributed by atoms with Crippen molar-refractivity contribution in [3.63, 3.8) is 0 Å². The first-order chi connectivity index (χ1) is 12.0. The van der Waals surface area contributed by atoms with Gasteiger partial charge in [-0.25, -0.2) is 0 Å². The maximum Gasteiger partial charge on any atom is 0.305 e. The van der Waals surface area contributed by atoms with Crippen LogP contribution in [0.2, 0.25) is 0 Å². The number of carboxylic acids is 1. The molecule has 2 unspecified atom stereocenters. The molecule has 1 N–H and O–H groups in total. The molecular formula is C18H20N2O4S. The largest absolute Gasteiger partial charge is 0.481 e. The van der Waals surface area contributed by atoms with Gasteiger partial charge in [-0.2, -0.15) is 0 Å². The molecule has 2 aromatic heterocycles. The summed E-state index contributed by atoms with van der Waals surface area (Å²) in [4.78, 5) is 31.3. The fraction of sp³-hybridized carbons (Fsp3) is 0.389. The van der Waals surface area contributed by atoms with Crippen LogP contribution in [-0.4, -0.2) is 52.7 Å². The Balaban J connectivity index is 1.85. The molecule has 7 heteroatoms. The van der Waals surface area contributed by atoms with Crippen molar-refractivity contribution in [2.24, 2.45) is 0 Å². The maximum absolute atomic E-state index is 13.0. The summed E-state index contributed by atoms with van der Waals surface area (Å²) in [5.41, 5.74) is 1.99. The average molecular weight is 360 g/mol. The Morgan fingerprint density at radius 2 is 2.20 bits per heavy atom. The van der Waals surface area contributed by atoms with Crippen molar-refractivity contribution in [3.05, 3.63) is 40.9 Å². The number of nitrogens with zero attached hydrogens (tertiary/aromatic N) is 2. The first-order valence-corrected chi connectivity index (χ1v) is 8.94. The molecule has 6 nitrogen and oxygen atoms in total. The molecule has 3 rings (SSSR count). The monoisotopic (exact) mass is 360 g/mol. The van der Waals surface area contributed by atoms with Crippen molar-refractivity contribution in [1.82, 2.24) is 9.88 Å². The molecule has 0 saturated carbocycles. The number of hydrogen-bond donors (Lipinski definition) is 1. The first kappa shape index (κ1) is 17.6. The molecule has 1 aliphatic rings. The van der Waals surface area contributed by atoms with Gasteiger partial charge in [0.2, 0.25) is 0 Å². The zero-order chi connectivity index (χ0) is 18.0. The van der Waals surface area contributed by atoms with E-state index in [2.05, 4.69) is 4.98 Å². The minimum Gasteiger partial charge on any atom is -0.481 e.